The molecule has 3 aromatic carbocycles. The molecule has 0 saturated heterocycles. The molecule has 5 aromatic rings. The number of hydrogen-bond donors (Lipinski definition) is 0. The van der Waals surface area contributed by atoms with Crippen LogP contribution in [0.1, 0.15) is 0 Å². The lowest BCUT2D eigenvalue weighted by molar-refractivity contribution is 0.936. The van der Waals surface area contributed by atoms with Crippen molar-refractivity contribution in [1.29, 1.82) is 0 Å². The van der Waals surface area contributed by atoms with Gasteiger partial charge in [0.25, 0.3) is 0 Å². The lowest BCUT2D eigenvalue weighted by atomic mass is 10.1. The van der Waals surface area contributed by atoms with Gasteiger partial charge >= 0.3 is 0 Å². The Morgan fingerprint density at radius 3 is 1.79 bits per heavy atom. The van der Waals surface area contributed by atoms with Crippen LogP contribution in [0.2, 0.25) is 0 Å². The maximum absolute atomic E-state index is 5.02. The van der Waals surface area contributed by atoms with E-state index in [1.165, 1.54) is 0 Å². The molecule has 0 aliphatic heterocycles. The largest absolute Gasteiger partial charge is 0.228 e. The van der Waals surface area contributed by atoms with Gasteiger partial charge in [0.2, 0.25) is 0 Å². The first-order valence-electron chi connectivity index (χ1n) is 9.07. The third-order valence-corrected chi connectivity index (χ3v) is 5.50. The van der Waals surface area contributed by atoms with Gasteiger partial charge in [-0.15, -0.1) is 0 Å². The number of aromatic nitrogens is 3. The zero-order chi connectivity index (χ0) is 18.9. The molecule has 0 spiro atoms. The Bertz CT molecular complexity index is 1250. The van der Waals surface area contributed by atoms with Crippen molar-refractivity contribution in [2.45, 2.75) is 0 Å². The van der Waals surface area contributed by atoms with E-state index in [9.17, 15) is 0 Å². The SMILES string of the molecule is Ic1nn2c(-c3ccccc3)cc(-c3ccccc3)nc2c1-c1ccccc1. The van der Waals surface area contributed by atoms with E-state index in [4.69, 9.17) is 10.1 Å². The third kappa shape index (κ3) is 2.99. The van der Waals surface area contributed by atoms with E-state index in [1.807, 2.05) is 47.0 Å². The van der Waals surface area contributed by atoms with E-state index < -0.39 is 0 Å². The molecule has 0 amide bonds. The van der Waals surface area contributed by atoms with Gasteiger partial charge in [-0.3, -0.25) is 0 Å². The Labute approximate surface area is 176 Å². The average molecular weight is 473 g/mol. The highest BCUT2D eigenvalue weighted by Gasteiger charge is 2.18. The standard InChI is InChI=1S/C24H16IN3/c25-23-22(19-14-8-3-9-15-19)24-26-20(17-10-4-1-5-11-17)16-21(28(24)27-23)18-12-6-2-7-13-18/h1-16H. The molecule has 0 N–H and O–H groups in total. The predicted octanol–water partition coefficient (Wildman–Crippen LogP) is 6.33. The van der Waals surface area contributed by atoms with E-state index in [0.717, 1.165) is 43.0 Å². The van der Waals surface area contributed by atoms with Crippen molar-refractivity contribution in [1.82, 2.24) is 14.6 Å². The smallest absolute Gasteiger partial charge is 0.165 e. The summed E-state index contributed by atoms with van der Waals surface area (Å²) in [6.45, 7) is 0. The van der Waals surface area contributed by atoms with Crippen LogP contribution >= 0.6 is 22.6 Å². The number of benzene rings is 3. The van der Waals surface area contributed by atoms with Crippen molar-refractivity contribution in [3.05, 3.63) is 101 Å². The van der Waals surface area contributed by atoms with Crippen molar-refractivity contribution in [3.63, 3.8) is 0 Å². The molecule has 0 saturated carbocycles. The highest BCUT2D eigenvalue weighted by molar-refractivity contribution is 14.1. The molecule has 0 fully saturated rings. The van der Waals surface area contributed by atoms with Crippen LogP contribution in [0, 0.1) is 3.70 Å². The van der Waals surface area contributed by atoms with Gasteiger partial charge in [-0.05, 0) is 34.2 Å². The van der Waals surface area contributed by atoms with Crippen LogP contribution in [0.5, 0.6) is 0 Å². The minimum absolute atomic E-state index is 0.871. The van der Waals surface area contributed by atoms with Crippen LogP contribution in [-0.4, -0.2) is 14.6 Å². The van der Waals surface area contributed by atoms with Gasteiger partial charge in [-0.2, -0.15) is 5.10 Å². The minimum Gasteiger partial charge on any atom is -0.228 e. The normalized spacial score (nSPS) is 11.0. The number of rotatable bonds is 3. The topological polar surface area (TPSA) is 30.2 Å². The van der Waals surface area contributed by atoms with Gasteiger partial charge in [0, 0.05) is 11.1 Å². The van der Waals surface area contributed by atoms with E-state index in [1.54, 1.807) is 0 Å². The fraction of sp³-hybridized carbons (Fsp3) is 0. The Morgan fingerprint density at radius 2 is 1.18 bits per heavy atom. The number of fused-ring (bicyclic) bond motifs is 1. The fourth-order valence-electron chi connectivity index (χ4n) is 3.42. The molecule has 0 atom stereocenters. The van der Waals surface area contributed by atoms with Crippen molar-refractivity contribution in [2.24, 2.45) is 0 Å². The molecule has 0 aliphatic carbocycles. The second-order valence-electron chi connectivity index (χ2n) is 6.53. The Morgan fingerprint density at radius 1 is 0.643 bits per heavy atom. The summed E-state index contributed by atoms with van der Waals surface area (Å²) < 4.78 is 2.91. The van der Waals surface area contributed by atoms with Crippen LogP contribution in [0.3, 0.4) is 0 Å². The van der Waals surface area contributed by atoms with Gasteiger partial charge in [-0.1, -0.05) is 91.0 Å². The second kappa shape index (κ2) is 7.20. The first kappa shape index (κ1) is 17.1. The molecule has 134 valence electrons. The quantitative estimate of drug-likeness (QED) is 0.287. The maximum atomic E-state index is 5.02. The van der Waals surface area contributed by atoms with Crippen LogP contribution < -0.4 is 0 Å². The van der Waals surface area contributed by atoms with Crippen molar-refractivity contribution in [3.8, 4) is 33.6 Å². The number of nitrogens with zero attached hydrogens (tertiary/aromatic N) is 3. The van der Waals surface area contributed by atoms with Crippen LogP contribution in [0.25, 0.3) is 39.3 Å². The highest BCUT2D eigenvalue weighted by Crippen LogP contribution is 2.33. The summed E-state index contributed by atoms with van der Waals surface area (Å²) >= 11 is 2.31. The minimum atomic E-state index is 0.871. The third-order valence-electron chi connectivity index (χ3n) is 4.75. The van der Waals surface area contributed by atoms with Gasteiger partial charge < -0.3 is 0 Å². The van der Waals surface area contributed by atoms with Crippen LogP contribution in [0.15, 0.2) is 97.1 Å². The monoisotopic (exact) mass is 473 g/mol. The molecule has 0 radical (unpaired) electrons. The summed E-state index contributed by atoms with van der Waals surface area (Å²) in [5, 5.41) is 4.84. The Hall–Kier alpha value is -2.99. The Kier molecular flexibility index (Phi) is 4.41. The van der Waals surface area contributed by atoms with Crippen molar-refractivity contribution in [2.75, 3.05) is 0 Å². The predicted molar refractivity (Wildman–Crippen MR) is 122 cm³/mol. The number of halogens is 1. The maximum Gasteiger partial charge on any atom is 0.165 e. The molecule has 5 rings (SSSR count). The first-order chi connectivity index (χ1) is 13.8. The van der Waals surface area contributed by atoms with Crippen LogP contribution in [-0.2, 0) is 0 Å². The lowest BCUT2D eigenvalue weighted by Gasteiger charge is -2.09. The fourth-order valence-corrected chi connectivity index (χ4v) is 4.18. The van der Waals surface area contributed by atoms with E-state index in [-0.39, 0.29) is 0 Å². The molecular weight excluding hydrogens is 457 g/mol. The molecule has 2 aromatic heterocycles. The molecule has 0 bridgehead atoms. The summed E-state index contributed by atoms with van der Waals surface area (Å²) in [6.07, 6.45) is 0. The second-order valence-corrected chi connectivity index (χ2v) is 7.55. The zero-order valence-electron chi connectivity index (χ0n) is 15.0. The molecule has 4 heteroatoms. The van der Waals surface area contributed by atoms with Gasteiger partial charge in [0.05, 0.1) is 17.0 Å². The Balaban J connectivity index is 1.86. The molecule has 0 aliphatic rings. The molecule has 2 heterocycles. The van der Waals surface area contributed by atoms with E-state index in [0.29, 0.717) is 0 Å². The lowest BCUT2D eigenvalue weighted by Crippen LogP contribution is -1.98. The average Bonchev–Trinajstić information content (AvgIpc) is 3.10. The summed E-state index contributed by atoms with van der Waals surface area (Å²) in [7, 11) is 0. The molecular formula is C24H16IN3. The zero-order valence-corrected chi connectivity index (χ0v) is 17.1. The van der Waals surface area contributed by atoms with Crippen molar-refractivity contribution >= 4 is 28.2 Å². The first-order valence-corrected chi connectivity index (χ1v) is 10.1. The van der Waals surface area contributed by atoms with E-state index in [2.05, 4.69) is 77.2 Å². The summed E-state index contributed by atoms with van der Waals surface area (Å²) in [6, 6.07) is 33.1. The molecule has 3 nitrogen and oxygen atoms in total. The van der Waals surface area contributed by atoms with Crippen LogP contribution in [0.4, 0.5) is 0 Å². The number of hydrogen-bond acceptors (Lipinski definition) is 2. The van der Waals surface area contributed by atoms with Crippen molar-refractivity contribution < 1.29 is 0 Å². The van der Waals surface area contributed by atoms with Gasteiger partial charge in [0.15, 0.2) is 5.65 Å². The van der Waals surface area contributed by atoms with E-state index >= 15 is 0 Å². The van der Waals surface area contributed by atoms with Gasteiger partial charge in [-0.25, -0.2) is 9.50 Å². The highest BCUT2D eigenvalue weighted by atomic mass is 127. The summed E-state index contributed by atoms with van der Waals surface area (Å²) in [5.41, 5.74) is 7.25. The molecule has 28 heavy (non-hydrogen) atoms. The summed E-state index contributed by atoms with van der Waals surface area (Å²) in [5.74, 6) is 0. The molecule has 0 unspecified atom stereocenters. The summed E-state index contributed by atoms with van der Waals surface area (Å²) in [4.78, 5) is 5.02. The van der Waals surface area contributed by atoms with Gasteiger partial charge in [0.1, 0.15) is 3.70 Å².